The number of rotatable bonds is 4. The fraction of sp³-hybridized carbons (Fsp3) is 0.143. The van der Waals surface area contributed by atoms with Gasteiger partial charge in [0.25, 0.3) is 9.84 Å². The number of nitrogens with zero attached hydrogens (tertiary/aromatic N) is 5. The van der Waals surface area contributed by atoms with Gasteiger partial charge < -0.3 is 5.32 Å². The first-order chi connectivity index (χ1) is 16.5. The smallest absolute Gasteiger partial charge is 0.306 e. The number of benzene rings is 2. The lowest BCUT2D eigenvalue weighted by molar-refractivity contribution is -0.0436. The van der Waals surface area contributed by atoms with E-state index in [1.54, 1.807) is 24.3 Å². The fourth-order valence-corrected chi connectivity index (χ4v) is 4.19. The number of nitrogens with one attached hydrogen (secondary N) is 1. The van der Waals surface area contributed by atoms with Gasteiger partial charge in [-0.1, -0.05) is 23.7 Å². The Morgan fingerprint density at radius 2 is 1.80 bits per heavy atom. The van der Waals surface area contributed by atoms with Gasteiger partial charge in [-0.15, -0.1) is 0 Å². The normalized spacial score (nSPS) is 16.0. The van der Waals surface area contributed by atoms with E-state index >= 15 is 0 Å². The van der Waals surface area contributed by atoms with Crippen molar-refractivity contribution >= 4 is 38.9 Å². The van der Waals surface area contributed by atoms with E-state index in [1.165, 1.54) is 17.1 Å². The van der Waals surface area contributed by atoms with E-state index in [9.17, 15) is 26.4 Å². The van der Waals surface area contributed by atoms with Crippen LogP contribution in [-0.4, -0.2) is 47.0 Å². The molecule has 3 aromatic rings. The fourth-order valence-electron chi connectivity index (χ4n) is 3.30. The average molecular weight is 523 g/mol. The van der Waals surface area contributed by atoms with Crippen LogP contribution in [0.2, 0.25) is 5.02 Å². The number of anilines is 1. The summed E-state index contributed by atoms with van der Waals surface area (Å²) >= 11 is 5.96. The molecular weight excluding hydrogens is 509 g/mol. The maximum absolute atomic E-state index is 12.8. The molecule has 2 amide bonds. The van der Waals surface area contributed by atoms with Crippen LogP contribution in [0, 0.1) is 11.3 Å². The molecule has 14 heteroatoms. The average Bonchev–Trinajstić information content (AvgIpc) is 3.46. The summed E-state index contributed by atoms with van der Waals surface area (Å²) in [4.78, 5) is 11.9. The minimum atomic E-state index is -5.50. The third-order valence-electron chi connectivity index (χ3n) is 5.03. The highest BCUT2D eigenvalue weighted by atomic mass is 35.5. The van der Waals surface area contributed by atoms with Crippen LogP contribution in [0.5, 0.6) is 0 Å². The zero-order valence-electron chi connectivity index (χ0n) is 17.4. The van der Waals surface area contributed by atoms with Crippen molar-refractivity contribution in [2.45, 2.75) is 16.4 Å². The van der Waals surface area contributed by atoms with Gasteiger partial charge in [0.05, 0.1) is 28.9 Å². The molecule has 0 aliphatic carbocycles. The molecule has 2 aromatic carbocycles. The summed E-state index contributed by atoms with van der Waals surface area (Å²) in [6.07, 6.45) is 2.89. The van der Waals surface area contributed by atoms with Crippen LogP contribution in [-0.2, 0) is 9.84 Å². The molecule has 1 N–H and O–H groups in total. The largest absolute Gasteiger partial charge is 0.501 e. The monoisotopic (exact) mass is 522 g/mol. The highest BCUT2D eigenvalue weighted by Crippen LogP contribution is 2.31. The zero-order chi connectivity index (χ0) is 25.4. The number of carbonyl (C=O) groups excluding carboxylic acids is 1. The summed E-state index contributed by atoms with van der Waals surface area (Å²) in [5, 5.41) is 21.7. The third kappa shape index (κ3) is 4.84. The Hall–Kier alpha value is -3.89. The summed E-state index contributed by atoms with van der Waals surface area (Å²) < 4.78 is 62.7. The number of hydrogen-bond donors (Lipinski definition) is 1. The minimum absolute atomic E-state index is 0.0386. The molecule has 1 atom stereocenters. The van der Waals surface area contributed by atoms with E-state index in [4.69, 9.17) is 16.9 Å². The number of nitriles is 1. The molecule has 4 rings (SSSR count). The van der Waals surface area contributed by atoms with Crippen molar-refractivity contribution in [3.05, 3.63) is 77.1 Å². The van der Waals surface area contributed by atoms with Crippen LogP contribution in [0.15, 0.2) is 70.9 Å². The van der Waals surface area contributed by atoms with Crippen molar-refractivity contribution in [2.24, 2.45) is 5.10 Å². The second-order valence-electron chi connectivity index (χ2n) is 7.31. The van der Waals surface area contributed by atoms with Gasteiger partial charge in [-0.05, 0) is 36.4 Å². The molecule has 0 saturated heterocycles. The maximum atomic E-state index is 12.8. The van der Waals surface area contributed by atoms with E-state index < -0.39 is 32.3 Å². The Kier molecular flexibility index (Phi) is 6.27. The number of amides is 2. The second kappa shape index (κ2) is 9.05. The van der Waals surface area contributed by atoms with Crippen LogP contribution in [0.3, 0.4) is 0 Å². The highest BCUT2D eigenvalue weighted by Gasteiger charge is 2.46. The summed E-state index contributed by atoms with van der Waals surface area (Å²) in [6.45, 7) is 0.0386. The van der Waals surface area contributed by atoms with Gasteiger partial charge in [-0.2, -0.15) is 28.6 Å². The van der Waals surface area contributed by atoms with Crippen LogP contribution in [0.1, 0.15) is 17.2 Å². The molecule has 35 heavy (non-hydrogen) atoms. The summed E-state index contributed by atoms with van der Waals surface area (Å²) in [6, 6.07) is 11.0. The number of sulfone groups is 1. The summed E-state index contributed by atoms with van der Waals surface area (Å²) in [7, 11) is -5.50. The van der Waals surface area contributed by atoms with Crippen LogP contribution < -0.4 is 5.32 Å². The predicted octanol–water partition coefficient (Wildman–Crippen LogP) is 4.19. The lowest BCUT2D eigenvalue weighted by atomic mass is 10.0. The van der Waals surface area contributed by atoms with Gasteiger partial charge in [0.1, 0.15) is 12.1 Å². The number of alkyl halides is 3. The molecule has 0 radical (unpaired) electrons. The minimum Gasteiger partial charge on any atom is -0.306 e. The Bertz CT molecular complexity index is 1450. The maximum Gasteiger partial charge on any atom is 0.501 e. The highest BCUT2D eigenvalue weighted by molar-refractivity contribution is 7.92. The van der Waals surface area contributed by atoms with Crippen LogP contribution in [0.25, 0.3) is 0 Å². The van der Waals surface area contributed by atoms with Crippen LogP contribution in [0.4, 0.5) is 23.7 Å². The van der Waals surface area contributed by atoms with Gasteiger partial charge >= 0.3 is 11.5 Å². The third-order valence-corrected chi connectivity index (χ3v) is 6.79. The van der Waals surface area contributed by atoms with Gasteiger partial charge in [0.2, 0.25) is 0 Å². The van der Waals surface area contributed by atoms with E-state index in [1.807, 2.05) is 6.07 Å². The molecule has 9 nitrogen and oxygen atoms in total. The first-order valence-electron chi connectivity index (χ1n) is 9.78. The first-order valence-corrected chi connectivity index (χ1v) is 11.6. The first kappa shape index (κ1) is 24.2. The van der Waals surface area contributed by atoms with Crippen LogP contribution >= 0.6 is 11.6 Å². The molecule has 0 spiro atoms. The molecule has 1 unspecified atom stereocenters. The Labute approximate surface area is 201 Å². The lowest BCUT2D eigenvalue weighted by Crippen LogP contribution is -2.31. The van der Waals surface area contributed by atoms with Crippen molar-refractivity contribution in [2.75, 3.05) is 11.9 Å². The number of hydrazone groups is 1. The molecule has 1 aliphatic rings. The summed E-state index contributed by atoms with van der Waals surface area (Å²) in [5.41, 5.74) is -3.93. The molecule has 0 fully saturated rings. The standard InChI is InChI=1S/C21H14ClF3N6O3S/c22-15-3-1-14(2-4-15)19-18(30-11-13(9-26)10-27-30)12-31(29-19)20(32)28-16-5-7-17(8-6-16)35(33,34)21(23,24)25/h1-8,10-11,18H,12H2,(H,28,32). The molecule has 1 aliphatic heterocycles. The van der Waals surface area contributed by atoms with E-state index in [0.29, 0.717) is 21.9 Å². The lowest BCUT2D eigenvalue weighted by Gasteiger charge is -2.16. The molecular formula is C21H14ClF3N6O3S. The molecule has 2 heterocycles. The topological polar surface area (TPSA) is 120 Å². The van der Waals surface area contributed by atoms with Gasteiger partial charge in [0.15, 0.2) is 0 Å². The second-order valence-corrected chi connectivity index (χ2v) is 9.69. The number of aromatic nitrogens is 2. The zero-order valence-corrected chi connectivity index (χ0v) is 19.0. The molecule has 180 valence electrons. The van der Waals surface area contributed by atoms with Crippen molar-refractivity contribution in [3.8, 4) is 6.07 Å². The van der Waals surface area contributed by atoms with E-state index in [-0.39, 0.29) is 12.2 Å². The van der Waals surface area contributed by atoms with Crippen molar-refractivity contribution in [3.63, 3.8) is 0 Å². The SMILES string of the molecule is N#Cc1cnn(C2CN(C(=O)Nc3ccc(S(=O)(=O)C(F)(F)F)cc3)N=C2c2ccc(Cl)cc2)c1. The number of carbonyl (C=O) groups is 1. The summed E-state index contributed by atoms with van der Waals surface area (Å²) in [5.74, 6) is 0. The molecule has 1 aromatic heterocycles. The van der Waals surface area contributed by atoms with Crippen molar-refractivity contribution < 1.29 is 26.4 Å². The van der Waals surface area contributed by atoms with Crippen molar-refractivity contribution in [1.29, 1.82) is 5.26 Å². The number of hydrogen-bond acceptors (Lipinski definition) is 6. The Morgan fingerprint density at radius 3 is 2.37 bits per heavy atom. The van der Waals surface area contributed by atoms with E-state index in [2.05, 4.69) is 15.5 Å². The Morgan fingerprint density at radius 1 is 1.14 bits per heavy atom. The van der Waals surface area contributed by atoms with Gasteiger partial charge in [-0.25, -0.2) is 18.2 Å². The number of halogens is 4. The molecule has 0 bridgehead atoms. The quantitative estimate of drug-likeness (QED) is 0.550. The van der Waals surface area contributed by atoms with E-state index in [0.717, 1.165) is 29.3 Å². The van der Waals surface area contributed by atoms with Gasteiger partial charge in [-0.3, -0.25) is 4.68 Å². The van der Waals surface area contributed by atoms with Crippen molar-refractivity contribution in [1.82, 2.24) is 14.8 Å². The number of urea groups is 1. The molecule has 0 saturated carbocycles. The Balaban J connectivity index is 1.57. The predicted molar refractivity (Wildman–Crippen MR) is 119 cm³/mol. The van der Waals surface area contributed by atoms with Gasteiger partial charge in [0, 0.05) is 22.5 Å².